The van der Waals surface area contributed by atoms with Crippen LogP contribution in [0.3, 0.4) is 0 Å². The van der Waals surface area contributed by atoms with Crippen molar-refractivity contribution in [3.8, 4) is 11.5 Å². The molecule has 182 valence electrons. The van der Waals surface area contributed by atoms with Crippen molar-refractivity contribution in [1.82, 2.24) is 14.5 Å². The standard InChI is InChI=1S/C28H37N3O3/c1-2-3-14-33-22-7-6-20-15-23-28(32)9-8-21(17-30-13-11-29-18-30)26-27(28,24(20)25(22)34-26)10-12-31(23)16-19-4-5-19/h6-7,11,13,18-19,21,23,26,32H,2-5,8-10,12,14-17H2,1H3/t21-,23-,26+,27+,28-/m1/s1. The van der Waals surface area contributed by atoms with E-state index in [2.05, 4.69) is 33.5 Å². The summed E-state index contributed by atoms with van der Waals surface area (Å²) in [6.07, 6.45) is 14.4. The first kappa shape index (κ1) is 21.3. The van der Waals surface area contributed by atoms with Crippen molar-refractivity contribution in [3.05, 3.63) is 42.0 Å². The largest absolute Gasteiger partial charge is 0.490 e. The Hall–Kier alpha value is -2.05. The molecule has 5 atom stereocenters. The quantitative estimate of drug-likeness (QED) is 0.601. The summed E-state index contributed by atoms with van der Waals surface area (Å²) in [7, 11) is 0. The van der Waals surface area contributed by atoms with Gasteiger partial charge in [-0.15, -0.1) is 0 Å². The third-order valence-corrected chi connectivity index (χ3v) is 9.63. The molecule has 3 fully saturated rings. The van der Waals surface area contributed by atoms with Crippen LogP contribution in [0.15, 0.2) is 30.9 Å². The first-order valence-electron chi connectivity index (χ1n) is 13.5. The molecule has 6 nitrogen and oxygen atoms in total. The van der Waals surface area contributed by atoms with Gasteiger partial charge in [0.05, 0.1) is 24.0 Å². The molecule has 34 heavy (non-hydrogen) atoms. The van der Waals surface area contributed by atoms with Gasteiger partial charge < -0.3 is 19.1 Å². The number of benzene rings is 1. The first-order chi connectivity index (χ1) is 16.6. The zero-order valence-electron chi connectivity index (χ0n) is 20.3. The van der Waals surface area contributed by atoms with E-state index in [1.165, 1.54) is 24.0 Å². The maximum Gasteiger partial charge on any atom is 0.165 e. The molecular weight excluding hydrogens is 426 g/mol. The molecule has 0 amide bonds. The van der Waals surface area contributed by atoms with Crippen LogP contribution in [0.25, 0.3) is 0 Å². The van der Waals surface area contributed by atoms with Crippen LogP contribution in [0.4, 0.5) is 0 Å². The minimum absolute atomic E-state index is 0.0239. The van der Waals surface area contributed by atoms with E-state index >= 15 is 0 Å². The lowest BCUT2D eigenvalue weighted by Crippen LogP contribution is -2.76. The summed E-state index contributed by atoms with van der Waals surface area (Å²) in [5.41, 5.74) is 1.58. The lowest BCUT2D eigenvalue weighted by Gasteiger charge is -2.64. The Morgan fingerprint density at radius 1 is 1.21 bits per heavy atom. The van der Waals surface area contributed by atoms with Crippen molar-refractivity contribution >= 4 is 0 Å². The predicted molar refractivity (Wildman–Crippen MR) is 129 cm³/mol. The summed E-state index contributed by atoms with van der Waals surface area (Å²) in [4.78, 5) is 6.91. The van der Waals surface area contributed by atoms with Crippen LogP contribution in [0.5, 0.6) is 11.5 Å². The minimum Gasteiger partial charge on any atom is -0.490 e. The molecule has 0 radical (unpaired) electrons. The number of aromatic nitrogens is 2. The van der Waals surface area contributed by atoms with E-state index in [1.807, 2.05) is 18.7 Å². The van der Waals surface area contributed by atoms with Crippen LogP contribution < -0.4 is 9.47 Å². The number of ether oxygens (including phenoxy) is 2. The molecule has 2 aromatic rings. The number of aliphatic hydroxyl groups is 1. The van der Waals surface area contributed by atoms with Gasteiger partial charge in [0.25, 0.3) is 0 Å². The van der Waals surface area contributed by atoms with Gasteiger partial charge in [-0.05, 0) is 69.0 Å². The third-order valence-electron chi connectivity index (χ3n) is 9.63. The first-order valence-corrected chi connectivity index (χ1v) is 13.5. The second-order valence-corrected chi connectivity index (χ2v) is 11.5. The summed E-state index contributed by atoms with van der Waals surface area (Å²) in [5, 5.41) is 12.7. The maximum atomic E-state index is 12.7. The Kier molecular flexibility index (Phi) is 4.83. The van der Waals surface area contributed by atoms with Crippen LogP contribution in [-0.2, 0) is 18.4 Å². The van der Waals surface area contributed by atoms with Gasteiger partial charge in [-0.1, -0.05) is 19.4 Å². The van der Waals surface area contributed by atoms with Crippen LogP contribution in [0.1, 0.15) is 63.0 Å². The van der Waals surface area contributed by atoms with E-state index in [-0.39, 0.29) is 17.6 Å². The Bertz CT molecular complexity index is 1070. The fourth-order valence-electron chi connectivity index (χ4n) is 7.87. The number of piperidine rings is 1. The van der Waals surface area contributed by atoms with Gasteiger partial charge in [-0.25, -0.2) is 4.98 Å². The summed E-state index contributed by atoms with van der Waals surface area (Å²) in [6.45, 7) is 5.99. The van der Waals surface area contributed by atoms with E-state index in [0.717, 1.165) is 75.6 Å². The molecule has 1 aromatic heterocycles. The number of hydrogen-bond acceptors (Lipinski definition) is 5. The summed E-state index contributed by atoms with van der Waals surface area (Å²) < 4.78 is 15.4. The van der Waals surface area contributed by atoms with Crippen LogP contribution >= 0.6 is 0 Å². The van der Waals surface area contributed by atoms with E-state index in [9.17, 15) is 5.11 Å². The van der Waals surface area contributed by atoms with Gasteiger partial charge in [0.1, 0.15) is 6.10 Å². The highest BCUT2D eigenvalue weighted by molar-refractivity contribution is 5.62. The van der Waals surface area contributed by atoms with Crippen molar-refractivity contribution in [3.63, 3.8) is 0 Å². The highest BCUT2D eigenvalue weighted by Gasteiger charge is 2.72. The molecule has 1 saturated heterocycles. The molecule has 7 rings (SSSR count). The van der Waals surface area contributed by atoms with Crippen LogP contribution in [0, 0.1) is 11.8 Å². The van der Waals surface area contributed by atoms with Gasteiger partial charge in [-0.3, -0.25) is 4.90 Å². The van der Waals surface area contributed by atoms with E-state index in [0.29, 0.717) is 12.5 Å². The van der Waals surface area contributed by atoms with Gasteiger partial charge >= 0.3 is 0 Å². The lowest BCUT2D eigenvalue weighted by atomic mass is 9.47. The zero-order valence-corrected chi connectivity index (χ0v) is 20.3. The molecule has 3 aliphatic carbocycles. The Labute approximate surface area is 202 Å². The van der Waals surface area contributed by atoms with Gasteiger partial charge in [0.2, 0.25) is 0 Å². The van der Waals surface area contributed by atoms with E-state index in [4.69, 9.17) is 9.47 Å². The number of unbranched alkanes of at least 4 members (excludes halogenated alkanes) is 1. The molecule has 1 spiro atoms. The third kappa shape index (κ3) is 2.91. The molecule has 0 unspecified atom stereocenters. The molecule has 2 bridgehead atoms. The van der Waals surface area contributed by atoms with Crippen molar-refractivity contribution < 1.29 is 14.6 Å². The van der Waals surface area contributed by atoms with Crippen molar-refractivity contribution in [2.24, 2.45) is 11.8 Å². The molecule has 6 heteroatoms. The topological polar surface area (TPSA) is 59.8 Å². The maximum absolute atomic E-state index is 12.7. The van der Waals surface area contributed by atoms with Crippen LogP contribution in [-0.4, -0.2) is 57.0 Å². The average molecular weight is 464 g/mol. The Morgan fingerprint density at radius 2 is 2.12 bits per heavy atom. The molecule has 2 saturated carbocycles. The molecule has 5 aliphatic rings. The second kappa shape index (κ2) is 7.72. The van der Waals surface area contributed by atoms with Crippen molar-refractivity contribution in [2.75, 3.05) is 19.7 Å². The number of rotatable bonds is 8. The van der Waals surface area contributed by atoms with Crippen molar-refractivity contribution in [2.45, 2.75) is 88.0 Å². The molecule has 2 aliphatic heterocycles. The SMILES string of the molecule is CCCCOc1ccc2c3c1O[C@H]1[C@@H](Cn4ccnc4)CC[C@@]4(O)[C@@H](C2)N(CC2CC2)CC[C@]314. The molecule has 1 N–H and O–H groups in total. The number of likely N-dealkylation sites (tertiary alicyclic amines) is 1. The fraction of sp³-hybridized carbons (Fsp3) is 0.679. The van der Waals surface area contributed by atoms with Crippen LogP contribution in [0.2, 0.25) is 0 Å². The van der Waals surface area contributed by atoms with Crippen molar-refractivity contribution in [1.29, 1.82) is 0 Å². The van der Waals surface area contributed by atoms with Gasteiger partial charge in [0.15, 0.2) is 11.5 Å². The molecule has 3 heterocycles. The monoisotopic (exact) mass is 463 g/mol. The smallest absolute Gasteiger partial charge is 0.165 e. The second-order valence-electron chi connectivity index (χ2n) is 11.5. The molecular formula is C28H37N3O3. The average Bonchev–Trinajstić information content (AvgIpc) is 3.35. The van der Waals surface area contributed by atoms with E-state index < -0.39 is 5.60 Å². The summed E-state index contributed by atoms with van der Waals surface area (Å²) in [6, 6.07) is 4.60. The fourth-order valence-corrected chi connectivity index (χ4v) is 7.87. The van der Waals surface area contributed by atoms with E-state index in [1.54, 1.807) is 0 Å². The summed E-state index contributed by atoms with van der Waals surface area (Å²) >= 11 is 0. The zero-order chi connectivity index (χ0) is 22.9. The molecule has 1 aromatic carbocycles. The number of hydrogen-bond donors (Lipinski definition) is 1. The van der Waals surface area contributed by atoms with Gasteiger partial charge in [0, 0.05) is 43.0 Å². The highest BCUT2D eigenvalue weighted by Crippen LogP contribution is 2.66. The Balaban J connectivity index is 1.33. The predicted octanol–water partition coefficient (Wildman–Crippen LogP) is 3.94. The van der Waals surface area contributed by atoms with Gasteiger partial charge in [-0.2, -0.15) is 0 Å². The minimum atomic E-state index is -0.740. The summed E-state index contributed by atoms with van der Waals surface area (Å²) in [5.74, 6) is 2.98. The number of nitrogens with zero attached hydrogens (tertiary/aromatic N) is 3. The normalized spacial score (nSPS) is 35.6. The highest BCUT2D eigenvalue weighted by atomic mass is 16.5. The Morgan fingerprint density at radius 3 is 2.91 bits per heavy atom. The number of imidazole rings is 1. The lowest BCUT2D eigenvalue weighted by molar-refractivity contribution is -0.199.